The predicted octanol–water partition coefficient (Wildman–Crippen LogP) is 1.16. The average Bonchev–Trinajstić information content (AvgIpc) is 3.19. The van der Waals surface area contributed by atoms with Crippen molar-refractivity contribution >= 4 is 24.3 Å². The molecule has 1 amide bonds. The standard InChI is InChI=1S/C12H14F3N7O.ClH/c13-12(14,15)8-18-10(21-20-8)19-9(23)11(2-5-16-6-3-11)22-7-1-4-17-22;/h1,4,7,16H,2-3,5-6H2,(H2,18,19,20,21,23);1H. The van der Waals surface area contributed by atoms with E-state index in [2.05, 4.69) is 25.8 Å². The second-order valence-corrected chi connectivity index (χ2v) is 5.19. The second kappa shape index (κ2) is 6.77. The highest BCUT2D eigenvalue weighted by molar-refractivity contribution is 5.95. The Morgan fingerprint density at radius 1 is 1.33 bits per heavy atom. The van der Waals surface area contributed by atoms with Crippen molar-refractivity contribution in [2.45, 2.75) is 24.6 Å². The summed E-state index contributed by atoms with van der Waals surface area (Å²) in [4.78, 5) is 15.9. The van der Waals surface area contributed by atoms with Crippen LogP contribution in [-0.2, 0) is 16.5 Å². The average molecular weight is 366 g/mol. The number of hydrogen-bond donors (Lipinski definition) is 3. The Labute approximate surface area is 140 Å². The summed E-state index contributed by atoms with van der Waals surface area (Å²) < 4.78 is 39.1. The maximum Gasteiger partial charge on any atom is 0.451 e. The van der Waals surface area contributed by atoms with Gasteiger partial charge in [-0.25, -0.2) is 0 Å². The van der Waals surface area contributed by atoms with Crippen LogP contribution in [0, 0.1) is 0 Å². The number of H-pyrrole nitrogens is 1. The largest absolute Gasteiger partial charge is 0.451 e. The monoisotopic (exact) mass is 365 g/mol. The molecule has 0 spiro atoms. The van der Waals surface area contributed by atoms with E-state index < -0.39 is 29.4 Å². The minimum Gasteiger partial charge on any atom is -0.317 e. The SMILES string of the molecule is Cl.O=C(Nc1n[nH]c(C(F)(F)F)n1)C1(n2cccn2)CCNCC1. The summed E-state index contributed by atoms with van der Waals surface area (Å²) in [6.07, 6.45) is -0.534. The van der Waals surface area contributed by atoms with E-state index in [0.717, 1.165) is 0 Å². The van der Waals surface area contributed by atoms with Gasteiger partial charge in [-0.1, -0.05) is 0 Å². The van der Waals surface area contributed by atoms with Gasteiger partial charge in [0, 0.05) is 12.4 Å². The first-order chi connectivity index (χ1) is 10.9. The van der Waals surface area contributed by atoms with E-state index in [-0.39, 0.29) is 12.4 Å². The van der Waals surface area contributed by atoms with Crippen LogP contribution in [0.25, 0.3) is 0 Å². The van der Waals surface area contributed by atoms with Gasteiger partial charge in [0.15, 0.2) is 0 Å². The van der Waals surface area contributed by atoms with Crippen LogP contribution < -0.4 is 10.6 Å². The van der Waals surface area contributed by atoms with E-state index >= 15 is 0 Å². The van der Waals surface area contributed by atoms with E-state index in [1.165, 1.54) is 4.68 Å². The van der Waals surface area contributed by atoms with Crippen LogP contribution in [0.4, 0.5) is 19.1 Å². The van der Waals surface area contributed by atoms with Gasteiger partial charge in [0.05, 0.1) is 0 Å². The van der Waals surface area contributed by atoms with Crippen LogP contribution in [-0.4, -0.2) is 44.0 Å². The molecule has 0 radical (unpaired) electrons. The molecule has 1 aliphatic rings. The lowest BCUT2D eigenvalue weighted by Gasteiger charge is -2.36. The number of carbonyl (C=O) groups is 1. The maximum absolute atomic E-state index is 12.7. The quantitative estimate of drug-likeness (QED) is 0.757. The van der Waals surface area contributed by atoms with Crippen molar-refractivity contribution < 1.29 is 18.0 Å². The van der Waals surface area contributed by atoms with Gasteiger partial charge in [-0.3, -0.25) is 19.9 Å². The Kier molecular flexibility index (Phi) is 5.13. The van der Waals surface area contributed by atoms with Gasteiger partial charge in [-0.2, -0.15) is 23.3 Å². The van der Waals surface area contributed by atoms with Crippen LogP contribution in [0.3, 0.4) is 0 Å². The first-order valence-corrected chi connectivity index (χ1v) is 6.94. The number of piperidine rings is 1. The number of carbonyl (C=O) groups excluding carboxylic acids is 1. The molecule has 8 nitrogen and oxygen atoms in total. The molecule has 24 heavy (non-hydrogen) atoms. The third-order valence-corrected chi connectivity index (χ3v) is 3.78. The fourth-order valence-corrected chi connectivity index (χ4v) is 2.58. The summed E-state index contributed by atoms with van der Waals surface area (Å²) in [6.45, 7) is 1.18. The molecule has 0 unspecified atom stereocenters. The fourth-order valence-electron chi connectivity index (χ4n) is 2.58. The number of aromatic nitrogens is 5. The highest BCUT2D eigenvalue weighted by Crippen LogP contribution is 2.29. The highest BCUT2D eigenvalue weighted by Gasteiger charge is 2.43. The number of anilines is 1. The number of halogens is 4. The third-order valence-electron chi connectivity index (χ3n) is 3.78. The molecular formula is C12H15ClF3N7O. The lowest BCUT2D eigenvalue weighted by molar-refractivity contribution is -0.144. The number of nitrogens with one attached hydrogen (secondary N) is 3. The number of hydrogen-bond acceptors (Lipinski definition) is 5. The molecule has 3 N–H and O–H groups in total. The van der Waals surface area contributed by atoms with Crippen LogP contribution in [0.2, 0.25) is 0 Å². The van der Waals surface area contributed by atoms with Crippen molar-refractivity contribution in [3.8, 4) is 0 Å². The molecule has 3 rings (SSSR count). The van der Waals surface area contributed by atoms with Crippen molar-refractivity contribution in [2.24, 2.45) is 0 Å². The van der Waals surface area contributed by atoms with E-state index in [0.29, 0.717) is 25.9 Å². The Bertz CT molecular complexity index is 679. The van der Waals surface area contributed by atoms with Crippen molar-refractivity contribution in [3.05, 3.63) is 24.3 Å². The summed E-state index contributed by atoms with van der Waals surface area (Å²) in [7, 11) is 0. The van der Waals surface area contributed by atoms with Crippen molar-refractivity contribution in [2.75, 3.05) is 18.4 Å². The second-order valence-electron chi connectivity index (χ2n) is 5.19. The van der Waals surface area contributed by atoms with Crippen LogP contribution in [0.1, 0.15) is 18.7 Å². The zero-order chi connectivity index (χ0) is 16.5. The lowest BCUT2D eigenvalue weighted by atomic mass is 9.87. The van der Waals surface area contributed by atoms with Gasteiger partial charge in [-0.05, 0) is 32.0 Å². The minimum absolute atomic E-state index is 0. The molecule has 12 heteroatoms. The Morgan fingerprint density at radius 2 is 2.04 bits per heavy atom. The van der Waals surface area contributed by atoms with Crippen molar-refractivity contribution in [3.63, 3.8) is 0 Å². The fraction of sp³-hybridized carbons (Fsp3) is 0.500. The normalized spacial score (nSPS) is 17.1. The van der Waals surface area contributed by atoms with Gasteiger partial charge in [0.1, 0.15) is 5.54 Å². The van der Waals surface area contributed by atoms with Gasteiger partial charge >= 0.3 is 6.18 Å². The molecule has 1 aliphatic heterocycles. The zero-order valence-electron chi connectivity index (χ0n) is 12.3. The maximum atomic E-state index is 12.7. The third kappa shape index (κ3) is 3.36. The smallest absolute Gasteiger partial charge is 0.317 e. The van der Waals surface area contributed by atoms with E-state index in [1.807, 2.05) is 0 Å². The van der Waals surface area contributed by atoms with E-state index in [9.17, 15) is 18.0 Å². The first kappa shape index (κ1) is 18.2. The lowest BCUT2D eigenvalue weighted by Crippen LogP contribution is -2.52. The van der Waals surface area contributed by atoms with Crippen molar-refractivity contribution in [1.29, 1.82) is 0 Å². The highest BCUT2D eigenvalue weighted by atomic mass is 35.5. The summed E-state index contributed by atoms with van der Waals surface area (Å²) in [6, 6.07) is 1.69. The molecule has 1 saturated heterocycles. The number of alkyl halides is 3. The molecule has 0 bridgehead atoms. The summed E-state index contributed by atoms with van der Waals surface area (Å²) >= 11 is 0. The van der Waals surface area contributed by atoms with Crippen LogP contribution in [0.5, 0.6) is 0 Å². The molecule has 0 aliphatic carbocycles. The molecule has 0 atom stereocenters. The number of rotatable bonds is 3. The Morgan fingerprint density at radius 3 is 2.58 bits per heavy atom. The summed E-state index contributed by atoms with van der Waals surface area (Å²) in [5, 5.41) is 14.8. The topological polar surface area (TPSA) is 101 Å². The number of nitrogens with zero attached hydrogens (tertiary/aromatic N) is 4. The van der Waals surface area contributed by atoms with Gasteiger partial charge in [-0.15, -0.1) is 17.5 Å². The van der Waals surface area contributed by atoms with Gasteiger partial charge < -0.3 is 5.32 Å². The van der Waals surface area contributed by atoms with Gasteiger partial charge in [0.2, 0.25) is 11.8 Å². The zero-order valence-corrected chi connectivity index (χ0v) is 13.1. The Hall–Kier alpha value is -2.14. The molecule has 1 fully saturated rings. The summed E-state index contributed by atoms with van der Waals surface area (Å²) in [5.74, 6) is -2.16. The number of aromatic amines is 1. The molecular weight excluding hydrogens is 351 g/mol. The molecule has 2 aromatic heterocycles. The molecule has 3 heterocycles. The van der Waals surface area contributed by atoms with Gasteiger partial charge in [0.25, 0.3) is 5.91 Å². The van der Waals surface area contributed by atoms with Crippen LogP contribution in [0.15, 0.2) is 18.5 Å². The predicted molar refractivity (Wildman–Crippen MR) is 79.6 cm³/mol. The number of amides is 1. The first-order valence-electron chi connectivity index (χ1n) is 6.94. The minimum atomic E-state index is -4.65. The Balaban J connectivity index is 0.00000208. The molecule has 0 aromatic carbocycles. The van der Waals surface area contributed by atoms with E-state index in [4.69, 9.17) is 0 Å². The molecule has 0 saturated carbocycles. The van der Waals surface area contributed by atoms with E-state index in [1.54, 1.807) is 23.6 Å². The summed E-state index contributed by atoms with van der Waals surface area (Å²) in [5.41, 5.74) is -0.978. The molecule has 2 aromatic rings. The van der Waals surface area contributed by atoms with Crippen LogP contribution >= 0.6 is 12.4 Å². The molecule has 132 valence electrons. The van der Waals surface area contributed by atoms with Crippen molar-refractivity contribution in [1.82, 2.24) is 30.3 Å².